The fourth-order valence-corrected chi connectivity index (χ4v) is 2.56. The van der Waals surface area contributed by atoms with Crippen LogP contribution in [0.2, 0.25) is 0 Å². The highest BCUT2D eigenvalue weighted by molar-refractivity contribution is 7.80. The number of nitrogens with zero attached hydrogens (tertiary/aromatic N) is 1. The minimum absolute atomic E-state index is 0.149. The van der Waals surface area contributed by atoms with Gasteiger partial charge in [0.15, 0.2) is 5.11 Å². The van der Waals surface area contributed by atoms with Crippen LogP contribution in [0.5, 0.6) is 0 Å². The Labute approximate surface area is 131 Å². The van der Waals surface area contributed by atoms with Crippen LogP contribution in [0.15, 0.2) is 36.5 Å². The van der Waals surface area contributed by atoms with Crippen LogP contribution in [0.3, 0.4) is 0 Å². The van der Waals surface area contributed by atoms with Crippen molar-refractivity contribution < 1.29 is 0 Å². The molecule has 4 heteroatoms. The lowest BCUT2D eigenvalue weighted by Crippen LogP contribution is -2.31. The van der Waals surface area contributed by atoms with Gasteiger partial charge in [-0.1, -0.05) is 29.8 Å². The first-order chi connectivity index (χ1) is 9.95. The second-order valence-electron chi connectivity index (χ2n) is 5.40. The SMILES string of the molecule is Cc1ccc(NC(=S)NC(C)c2ccc(C)cc2C)nc1. The van der Waals surface area contributed by atoms with Gasteiger partial charge in [-0.15, -0.1) is 0 Å². The second kappa shape index (κ2) is 6.68. The molecule has 2 rings (SSSR count). The van der Waals surface area contributed by atoms with Gasteiger partial charge in [0.25, 0.3) is 0 Å². The van der Waals surface area contributed by atoms with Gasteiger partial charge in [0, 0.05) is 6.20 Å². The van der Waals surface area contributed by atoms with E-state index in [2.05, 4.69) is 54.6 Å². The van der Waals surface area contributed by atoms with E-state index in [1.165, 1.54) is 16.7 Å². The third kappa shape index (κ3) is 4.26. The lowest BCUT2D eigenvalue weighted by atomic mass is 10.0. The van der Waals surface area contributed by atoms with Crippen molar-refractivity contribution in [1.29, 1.82) is 0 Å². The Kier molecular flexibility index (Phi) is 4.91. The van der Waals surface area contributed by atoms with Gasteiger partial charge in [0.2, 0.25) is 0 Å². The van der Waals surface area contributed by atoms with Crippen LogP contribution in [0.4, 0.5) is 5.82 Å². The first kappa shape index (κ1) is 15.4. The van der Waals surface area contributed by atoms with Gasteiger partial charge in [-0.3, -0.25) is 0 Å². The predicted octanol–water partition coefficient (Wildman–Crippen LogP) is 4.05. The average molecular weight is 299 g/mol. The summed E-state index contributed by atoms with van der Waals surface area (Å²) < 4.78 is 0. The largest absolute Gasteiger partial charge is 0.356 e. The van der Waals surface area contributed by atoms with Crippen LogP contribution in [0.1, 0.15) is 35.2 Å². The normalized spacial score (nSPS) is 11.8. The number of hydrogen-bond acceptors (Lipinski definition) is 2. The highest BCUT2D eigenvalue weighted by Crippen LogP contribution is 2.18. The van der Waals surface area contributed by atoms with E-state index in [-0.39, 0.29) is 6.04 Å². The third-order valence-electron chi connectivity index (χ3n) is 3.39. The molecule has 0 spiro atoms. The highest BCUT2D eigenvalue weighted by Gasteiger charge is 2.10. The number of hydrogen-bond donors (Lipinski definition) is 2. The molecule has 1 unspecified atom stereocenters. The summed E-state index contributed by atoms with van der Waals surface area (Å²) >= 11 is 5.35. The fourth-order valence-electron chi connectivity index (χ4n) is 2.28. The van der Waals surface area contributed by atoms with Gasteiger partial charge >= 0.3 is 0 Å². The van der Waals surface area contributed by atoms with Crippen molar-refractivity contribution in [3.8, 4) is 0 Å². The van der Waals surface area contributed by atoms with Gasteiger partial charge in [-0.05, 0) is 62.7 Å². The molecule has 1 aromatic carbocycles. The summed E-state index contributed by atoms with van der Waals surface area (Å²) in [5, 5.41) is 6.99. The predicted molar refractivity (Wildman–Crippen MR) is 92.7 cm³/mol. The van der Waals surface area contributed by atoms with E-state index in [0.29, 0.717) is 5.11 Å². The Hall–Kier alpha value is -1.94. The average Bonchev–Trinajstić information content (AvgIpc) is 2.41. The molecule has 0 saturated carbocycles. The maximum Gasteiger partial charge on any atom is 0.172 e. The van der Waals surface area contributed by atoms with Gasteiger partial charge in [-0.25, -0.2) is 4.98 Å². The molecule has 21 heavy (non-hydrogen) atoms. The summed E-state index contributed by atoms with van der Waals surface area (Å²) in [7, 11) is 0. The Morgan fingerprint density at radius 1 is 1.10 bits per heavy atom. The molecule has 0 aliphatic rings. The standard InChI is InChI=1S/C17H21N3S/c1-11-5-7-15(13(3)9-11)14(4)19-17(21)20-16-8-6-12(2)10-18-16/h5-10,14H,1-4H3,(H2,18,19,20,21). The Morgan fingerprint density at radius 2 is 1.81 bits per heavy atom. The van der Waals surface area contributed by atoms with E-state index in [1.54, 1.807) is 0 Å². The number of thiocarbonyl (C=S) groups is 1. The number of aromatic nitrogens is 1. The number of aryl methyl sites for hydroxylation is 3. The molecule has 0 fully saturated rings. The molecule has 2 aromatic rings. The van der Waals surface area contributed by atoms with Crippen molar-refractivity contribution >= 4 is 23.1 Å². The minimum Gasteiger partial charge on any atom is -0.356 e. The zero-order valence-electron chi connectivity index (χ0n) is 12.9. The fraction of sp³-hybridized carbons (Fsp3) is 0.294. The minimum atomic E-state index is 0.149. The monoisotopic (exact) mass is 299 g/mol. The number of anilines is 1. The summed E-state index contributed by atoms with van der Waals surface area (Å²) in [6.45, 7) is 8.34. The molecule has 1 heterocycles. The molecule has 0 saturated heterocycles. The van der Waals surface area contributed by atoms with Crippen LogP contribution in [-0.4, -0.2) is 10.1 Å². The highest BCUT2D eigenvalue weighted by atomic mass is 32.1. The van der Waals surface area contributed by atoms with Crippen LogP contribution in [0.25, 0.3) is 0 Å². The summed E-state index contributed by atoms with van der Waals surface area (Å²) in [5.74, 6) is 0.755. The summed E-state index contributed by atoms with van der Waals surface area (Å²) in [6, 6.07) is 10.5. The number of rotatable bonds is 3. The molecule has 2 N–H and O–H groups in total. The zero-order valence-corrected chi connectivity index (χ0v) is 13.7. The topological polar surface area (TPSA) is 37.0 Å². The summed E-state index contributed by atoms with van der Waals surface area (Å²) in [4.78, 5) is 4.29. The second-order valence-corrected chi connectivity index (χ2v) is 5.81. The Bertz CT molecular complexity index is 635. The maximum absolute atomic E-state index is 5.35. The van der Waals surface area contributed by atoms with E-state index in [1.807, 2.05) is 25.3 Å². The quantitative estimate of drug-likeness (QED) is 0.838. The number of pyridine rings is 1. The van der Waals surface area contributed by atoms with Crippen molar-refractivity contribution in [2.75, 3.05) is 5.32 Å². The molecule has 0 radical (unpaired) electrons. The van der Waals surface area contributed by atoms with Crippen molar-refractivity contribution in [2.45, 2.75) is 33.7 Å². The molecule has 3 nitrogen and oxygen atoms in total. The van der Waals surface area contributed by atoms with Crippen molar-refractivity contribution in [3.63, 3.8) is 0 Å². The van der Waals surface area contributed by atoms with Crippen LogP contribution >= 0.6 is 12.2 Å². The van der Waals surface area contributed by atoms with Crippen LogP contribution < -0.4 is 10.6 Å². The molecule has 1 aromatic heterocycles. The van der Waals surface area contributed by atoms with Crippen LogP contribution in [-0.2, 0) is 0 Å². The van der Waals surface area contributed by atoms with Crippen molar-refractivity contribution in [3.05, 3.63) is 58.8 Å². The molecule has 0 aliphatic heterocycles. The number of nitrogens with one attached hydrogen (secondary N) is 2. The summed E-state index contributed by atoms with van der Waals surface area (Å²) in [5.41, 5.74) is 4.92. The van der Waals surface area contributed by atoms with E-state index >= 15 is 0 Å². The van der Waals surface area contributed by atoms with Crippen molar-refractivity contribution in [1.82, 2.24) is 10.3 Å². The summed E-state index contributed by atoms with van der Waals surface area (Å²) in [6.07, 6.45) is 1.82. The van der Waals surface area contributed by atoms with Crippen molar-refractivity contribution in [2.24, 2.45) is 0 Å². The lowest BCUT2D eigenvalue weighted by molar-refractivity contribution is 0.716. The maximum atomic E-state index is 5.35. The molecule has 110 valence electrons. The molecule has 0 bridgehead atoms. The molecular weight excluding hydrogens is 278 g/mol. The van der Waals surface area contributed by atoms with Gasteiger partial charge in [0.05, 0.1) is 6.04 Å². The van der Waals surface area contributed by atoms with Crippen LogP contribution in [0, 0.1) is 20.8 Å². The number of benzene rings is 1. The Balaban J connectivity index is 2.00. The van der Waals surface area contributed by atoms with E-state index in [0.717, 1.165) is 11.4 Å². The lowest BCUT2D eigenvalue weighted by Gasteiger charge is -2.19. The smallest absolute Gasteiger partial charge is 0.172 e. The zero-order chi connectivity index (χ0) is 15.4. The molecular formula is C17H21N3S. The molecule has 0 aliphatic carbocycles. The Morgan fingerprint density at radius 3 is 2.43 bits per heavy atom. The molecule has 0 amide bonds. The van der Waals surface area contributed by atoms with Gasteiger partial charge in [-0.2, -0.15) is 0 Å². The first-order valence-electron chi connectivity index (χ1n) is 7.03. The first-order valence-corrected chi connectivity index (χ1v) is 7.44. The third-order valence-corrected chi connectivity index (χ3v) is 3.61. The van der Waals surface area contributed by atoms with E-state index < -0.39 is 0 Å². The van der Waals surface area contributed by atoms with Gasteiger partial charge in [0.1, 0.15) is 5.82 Å². The molecule has 1 atom stereocenters. The van der Waals surface area contributed by atoms with E-state index in [9.17, 15) is 0 Å². The van der Waals surface area contributed by atoms with E-state index in [4.69, 9.17) is 12.2 Å². The van der Waals surface area contributed by atoms with Gasteiger partial charge < -0.3 is 10.6 Å².